The summed E-state index contributed by atoms with van der Waals surface area (Å²) in [5.74, 6) is 0.696. The van der Waals surface area contributed by atoms with Crippen LogP contribution in [0.5, 0.6) is 5.75 Å². The van der Waals surface area contributed by atoms with Gasteiger partial charge in [-0.15, -0.1) is 0 Å². The van der Waals surface area contributed by atoms with Crippen LogP contribution in [0.1, 0.15) is 28.4 Å². The molecule has 2 rings (SSSR count). The van der Waals surface area contributed by atoms with Crippen molar-refractivity contribution in [3.05, 3.63) is 71.3 Å². The quantitative estimate of drug-likeness (QED) is 0.760. The monoisotopic (exact) mass is 266 g/mol. The SMILES string of the molecule is C/C=C/c1ccc(C(=O)Cc2ccccc2)c(OC)c1. The highest BCUT2D eigenvalue weighted by molar-refractivity contribution is 6.00. The molecular weight excluding hydrogens is 248 g/mol. The minimum Gasteiger partial charge on any atom is -0.496 e. The fourth-order valence-electron chi connectivity index (χ4n) is 2.11. The summed E-state index contributed by atoms with van der Waals surface area (Å²) in [4.78, 5) is 12.4. The van der Waals surface area contributed by atoms with Gasteiger partial charge in [-0.1, -0.05) is 48.6 Å². The van der Waals surface area contributed by atoms with Gasteiger partial charge >= 0.3 is 0 Å². The Morgan fingerprint density at radius 1 is 1.15 bits per heavy atom. The van der Waals surface area contributed by atoms with Gasteiger partial charge in [0, 0.05) is 6.42 Å². The number of hydrogen-bond donors (Lipinski definition) is 0. The standard InChI is InChI=1S/C18H18O2/c1-3-7-14-10-11-16(18(13-14)20-2)17(19)12-15-8-5-4-6-9-15/h3-11,13H,12H2,1-2H3/b7-3+. The molecule has 102 valence electrons. The zero-order valence-corrected chi connectivity index (χ0v) is 11.8. The van der Waals surface area contributed by atoms with Gasteiger partial charge in [0.25, 0.3) is 0 Å². The van der Waals surface area contributed by atoms with Gasteiger partial charge in [-0.2, -0.15) is 0 Å². The van der Waals surface area contributed by atoms with E-state index in [9.17, 15) is 4.79 Å². The highest BCUT2D eigenvalue weighted by atomic mass is 16.5. The third kappa shape index (κ3) is 3.35. The second kappa shape index (κ2) is 6.71. The Labute approximate surface area is 119 Å². The topological polar surface area (TPSA) is 26.3 Å². The summed E-state index contributed by atoms with van der Waals surface area (Å²) in [5.41, 5.74) is 2.67. The summed E-state index contributed by atoms with van der Waals surface area (Å²) < 4.78 is 5.34. The first-order valence-electron chi connectivity index (χ1n) is 6.62. The molecule has 0 amide bonds. The fourth-order valence-corrected chi connectivity index (χ4v) is 2.11. The van der Waals surface area contributed by atoms with Gasteiger partial charge in [-0.25, -0.2) is 0 Å². The fraction of sp³-hybridized carbons (Fsp3) is 0.167. The number of rotatable bonds is 5. The van der Waals surface area contributed by atoms with Crippen LogP contribution in [0.25, 0.3) is 6.08 Å². The maximum absolute atomic E-state index is 12.4. The average molecular weight is 266 g/mol. The molecule has 0 fully saturated rings. The van der Waals surface area contributed by atoms with E-state index in [-0.39, 0.29) is 5.78 Å². The number of allylic oxidation sites excluding steroid dienone is 1. The maximum Gasteiger partial charge on any atom is 0.170 e. The van der Waals surface area contributed by atoms with Crippen LogP contribution in [0.4, 0.5) is 0 Å². The van der Waals surface area contributed by atoms with E-state index in [0.717, 1.165) is 11.1 Å². The lowest BCUT2D eigenvalue weighted by Crippen LogP contribution is -2.06. The van der Waals surface area contributed by atoms with Gasteiger partial charge in [0.15, 0.2) is 5.78 Å². The van der Waals surface area contributed by atoms with E-state index in [1.807, 2.05) is 67.6 Å². The van der Waals surface area contributed by atoms with Crippen molar-refractivity contribution in [2.45, 2.75) is 13.3 Å². The summed E-state index contributed by atoms with van der Waals surface area (Å²) in [7, 11) is 1.59. The van der Waals surface area contributed by atoms with E-state index in [0.29, 0.717) is 17.7 Å². The zero-order chi connectivity index (χ0) is 14.4. The van der Waals surface area contributed by atoms with Gasteiger partial charge < -0.3 is 4.74 Å². The van der Waals surface area contributed by atoms with Crippen LogP contribution < -0.4 is 4.74 Å². The Bertz CT molecular complexity index is 613. The molecule has 0 unspecified atom stereocenters. The first kappa shape index (κ1) is 14.1. The second-order valence-electron chi connectivity index (χ2n) is 4.55. The molecule has 0 aliphatic rings. The molecule has 0 radical (unpaired) electrons. The Balaban J connectivity index is 2.25. The summed E-state index contributed by atoms with van der Waals surface area (Å²) >= 11 is 0. The molecule has 0 saturated carbocycles. The number of benzene rings is 2. The second-order valence-corrected chi connectivity index (χ2v) is 4.55. The van der Waals surface area contributed by atoms with Crippen molar-refractivity contribution < 1.29 is 9.53 Å². The Morgan fingerprint density at radius 3 is 2.55 bits per heavy atom. The predicted octanol–water partition coefficient (Wildman–Crippen LogP) is 4.15. The van der Waals surface area contributed by atoms with Crippen LogP contribution in [0.15, 0.2) is 54.6 Å². The van der Waals surface area contributed by atoms with E-state index in [2.05, 4.69) is 0 Å². The van der Waals surface area contributed by atoms with Gasteiger partial charge in [-0.3, -0.25) is 4.79 Å². The highest BCUT2D eigenvalue weighted by Crippen LogP contribution is 2.22. The van der Waals surface area contributed by atoms with Crippen LogP contribution in [-0.4, -0.2) is 12.9 Å². The normalized spacial score (nSPS) is 10.7. The van der Waals surface area contributed by atoms with Crippen molar-refractivity contribution in [1.29, 1.82) is 0 Å². The average Bonchev–Trinajstić information content (AvgIpc) is 2.48. The molecule has 0 heterocycles. The minimum atomic E-state index is 0.0695. The minimum absolute atomic E-state index is 0.0695. The van der Waals surface area contributed by atoms with E-state index >= 15 is 0 Å². The Kier molecular flexibility index (Phi) is 4.72. The molecule has 2 aromatic rings. The number of Topliss-reactive ketones (excluding diaryl/α,β-unsaturated/α-hetero) is 1. The molecule has 2 heteroatoms. The van der Waals surface area contributed by atoms with Crippen LogP contribution in [0, 0.1) is 0 Å². The number of ketones is 1. The molecule has 0 atom stereocenters. The van der Waals surface area contributed by atoms with Crippen molar-refractivity contribution in [2.75, 3.05) is 7.11 Å². The van der Waals surface area contributed by atoms with Crippen LogP contribution >= 0.6 is 0 Å². The summed E-state index contributed by atoms with van der Waals surface area (Å²) in [5, 5.41) is 0. The third-order valence-electron chi connectivity index (χ3n) is 3.09. The molecule has 2 aromatic carbocycles. The van der Waals surface area contributed by atoms with Gasteiger partial charge in [0.1, 0.15) is 5.75 Å². The summed E-state index contributed by atoms with van der Waals surface area (Å²) in [6, 6.07) is 15.4. The number of methoxy groups -OCH3 is 1. The number of ether oxygens (including phenoxy) is 1. The molecule has 0 N–H and O–H groups in total. The molecular formula is C18H18O2. The van der Waals surface area contributed by atoms with Gasteiger partial charge in [0.05, 0.1) is 12.7 Å². The smallest absolute Gasteiger partial charge is 0.170 e. The van der Waals surface area contributed by atoms with Gasteiger partial charge in [-0.05, 0) is 30.2 Å². The molecule has 2 nitrogen and oxygen atoms in total. The first-order valence-corrected chi connectivity index (χ1v) is 6.62. The lowest BCUT2D eigenvalue weighted by molar-refractivity contribution is 0.0990. The van der Waals surface area contributed by atoms with Gasteiger partial charge in [0.2, 0.25) is 0 Å². The lowest BCUT2D eigenvalue weighted by atomic mass is 10.0. The van der Waals surface area contributed by atoms with E-state index in [1.165, 1.54) is 0 Å². The van der Waals surface area contributed by atoms with E-state index < -0.39 is 0 Å². The van der Waals surface area contributed by atoms with Crippen molar-refractivity contribution in [1.82, 2.24) is 0 Å². The third-order valence-corrected chi connectivity index (χ3v) is 3.09. The van der Waals surface area contributed by atoms with E-state index in [4.69, 9.17) is 4.74 Å². The molecule has 0 saturated heterocycles. The summed E-state index contributed by atoms with van der Waals surface area (Å²) in [6.07, 6.45) is 4.33. The van der Waals surface area contributed by atoms with Crippen molar-refractivity contribution in [2.24, 2.45) is 0 Å². The molecule has 0 aliphatic carbocycles. The zero-order valence-electron chi connectivity index (χ0n) is 11.8. The predicted molar refractivity (Wildman–Crippen MR) is 82.2 cm³/mol. The largest absolute Gasteiger partial charge is 0.496 e. The number of carbonyl (C=O) groups is 1. The van der Waals surface area contributed by atoms with Crippen molar-refractivity contribution in [3.63, 3.8) is 0 Å². The number of carbonyl (C=O) groups excluding carboxylic acids is 1. The number of hydrogen-bond acceptors (Lipinski definition) is 2. The van der Waals surface area contributed by atoms with Crippen LogP contribution in [0.2, 0.25) is 0 Å². The van der Waals surface area contributed by atoms with Crippen molar-refractivity contribution >= 4 is 11.9 Å². The highest BCUT2D eigenvalue weighted by Gasteiger charge is 2.12. The molecule has 20 heavy (non-hydrogen) atoms. The van der Waals surface area contributed by atoms with Crippen LogP contribution in [-0.2, 0) is 6.42 Å². The summed E-state index contributed by atoms with van der Waals surface area (Å²) in [6.45, 7) is 1.96. The maximum atomic E-state index is 12.4. The Hall–Kier alpha value is -2.35. The Morgan fingerprint density at radius 2 is 1.90 bits per heavy atom. The van der Waals surface area contributed by atoms with Crippen LogP contribution in [0.3, 0.4) is 0 Å². The molecule has 0 spiro atoms. The lowest BCUT2D eigenvalue weighted by Gasteiger charge is -2.09. The van der Waals surface area contributed by atoms with Crippen molar-refractivity contribution in [3.8, 4) is 5.75 Å². The molecule has 0 aliphatic heterocycles. The first-order chi connectivity index (χ1) is 9.74. The molecule has 0 aromatic heterocycles. The van der Waals surface area contributed by atoms with E-state index in [1.54, 1.807) is 7.11 Å². The molecule has 0 bridgehead atoms.